The maximum atomic E-state index is 7.54. The molecule has 0 amide bonds. The van der Waals surface area contributed by atoms with E-state index >= 15 is 0 Å². The van der Waals surface area contributed by atoms with Crippen molar-refractivity contribution in [1.82, 2.24) is 4.98 Å². The molecule has 2 rings (SSSR count). The van der Waals surface area contributed by atoms with Crippen LogP contribution in [-0.2, 0) is 5.75 Å². The lowest BCUT2D eigenvalue weighted by Crippen LogP contribution is -2.12. The van der Waals surface area contributed by atoms with Crippen LogP contribution in [0, 0.1) is 12.3 Å². The molecule has 0 aliphatic rings. The molecule has 0 saturated heterocycles. The summed E-state index contributed by atoms with van der Waals surface area (Å²) in [5, 5.41) is 7.54. The third-order valence-electron chi connectivity index (χ3n) is 2.72. The van der Waals surface area contributed by atoms with Crippen molar-refractivity contribution in [2.75, 3.05) is 0 Å². The topological polar surface area (TPSA) is 62.8 Å². The Hall–Kier alpha value is -1.81. The Balaban J connectivity index is 2.16. The van der Waals surface area contributed by atoms with E-state index in [0.29, 0.717) is 0 Å². The first-order valence-electron chi connectivity index (χ1n) is 5.64. The van der Waals surface area contributed by atoms with Crippen molar-refractivity contribution >= 4 is 17.6 Å². The predicted octanol–water partition coefficient (Wildman–Crippen LogP) is 2.97. The van der Waals surface area contributed by atoms with Crippen LogP contribution in [-0.4, -0.2) is 10.8 Å². The van der Waals surface area contributed by atoms with Crippen LogP contribution in [0.4, 0.5) is 0 Å². The zero-order valence-corrected chi connectivity index (χ0v) is 11.0. The van der Waals surface area contributed by atoms with Gasteiger partial charge in [0.05, 0.1) is 0 Å². The summed E-state index contributed by atoms with van der Waals surface area (Å²) in [4.78, 5) is 5.04. The molecule has 0 aliphatic heterocycles. The molecular weight excluding hydrogens is 242 g/mol. The van der Waals surface area contributed by atoms with Gasteiger partial charge in [-0.2, -0.15) is 0 Å². The van der Waals surface area contributed by atoms with Gasteiger partial charge in [0.25, 0.3) is 0 Å². The largest absolute Gasteiger partial charge is 0.384 e. The fourth-order valence-electron chi connectivity index (χ4n) is 1.65. The molecule has 4 heteroatoms. The second kappa shape index (κ2) is 5.69. The first kappa shape index (κ1) is 12.6. The monoisotopic (exact) mass is 257 g/mol. The van der Waals surface area contributed by atoms with Crippen molar-refractivity contribution in [3.05, 3.63) is 59.4 Å². The summed E-state index contributed by atoms with van der Waals surface area (Å²) in [6.45, 7) is 2.10. The summed E-state index contributed by atoms with van der Waals surface area (Å²) in [6.07, 6.45) is 3.42. The summed E-state index contributed by atoms with van der Waals surface area (Å²) in [6, 6.07) is 10.1. The van der Waals surface area contributed by atoms with E-state index in [-0.39, 0.29) is 5.84 Å². The van der Waals surface area contributed by atoms with Crippen molar-refractivity contribution in [3.63, 3.8) is 0 Å². The number of nitrogens with zero attached hydrogens (tertiary/aromatic N) is 1. The predicted molar refractivity (Wildman–Crippen MR) is 76.0 cm³/mol. The third-order valence-corrected chi connectivity index (χ3v) is 3.81. The molecule has 0 unspecified atom stereocenters. The van der Waals surface area contributed by atoms with Crippen LogP contribution in [0.15, 0.2) is 47.6 Å². The minimum absolute atomic E-state index is 0.0877. The summed E-state index contributed by atoms with van der Waals surface area (Å²) in [5.41, 5.74) is 8.88. The van der Waals surface area contributed by atoms with Gasteiger partial charge in [-0.1, -0.05) is 24.3 Å². The van der Waals surface area contributed by atoms with Gasteiger partial charge in [0.2, 0.25) is 0 Å². The van der Waals surface area contributed by atoms with Crippen LogP contribution in [0.25, 0.3) is 0 Å². The summed E-state index contributed by atoms with van der Waals surface area (Å²) >= 11 is 1.66. The number of nitrogens with two attached hydrogens (primary N) is 1. The molecule has 0 spiro atoms. The Morgan fingerprint density at radius 2 is 2.11 bits per heavy atom. The van der Waals surface area contributed by atoms with E-state index in [4.69, 9.17) is 11.1 Å². The number of nitrogens with one attached hydrogen (secondary N) is 1. The van der Waals surface area contributed by atoms with Crippen molar-refractivity contribution in [2.45, 2.75) is 17.6 Å². The average molecular weight is 257 g/mol. The molecular formula is C14H15N3S. The van der Waals surface area contributed by atoms with Crippen LogP contribution in [0.2, 0.25) is 0 Å². The number of thioether (sulfide) groups is 1. The Morgan fingerprint density at radius 1 is 1.33 bits per heavy atom. The second-order valence-electron chi connectivity index (χ2n) is 4.00. The minimum Gasteiger partial charge on any atom is -0.384 e. The molecule has 2 aromatic rings. The van der Waals surface area contributed by atoms with E-state index < -0.39 is 0 Å². The van der Waals surface area contributed by atoms with Gasteiger partial charge in [-0.05, 0) is 24.1 Å². The first-order valence-corrected chi connectivity index (χ1v) is 6.63. The Labute approximate surface area is 111 Å². The van der Waals surface area contributed by atoms with Gasteiger partial charge >= 0.3 is 0 Å². The normalized spacial score (nSPS) is 10.3. The van der Waals surface area contributed by atoms with Gasteiger partial charge < -0.3 is 5.73 Å². The molecule has 3 nitrogen and oxygen atoms in total. The number of aryl methyl sites for hydroxylation is 1. The highest BCUT2D eigenvalue weighted by Gasteiger charge is 2.06. The standard InChI is InChI=1S/C14H15N3S/c1-10-4-2-3-5-11(10)9-18-13-8-17-7-6-12(13)14(15)16/h2-8H,9H2,1H3,(H3,15,16). The number of aromatic nitrogens is 1. The average Bonchev–Trinajstić information content (AvgIpc) is 2.38. The maximum Gasteiger partial charge on any atom is 0.124 e. The molecule has 0 bridgehead atoms. The fourth-order valence-corrected chi connectivity index (χ4v) is 2.75. The molecule has 1 aromatic heterocycles. The van der Waals surface area contributed by atoms with Crippen LogP contribution < -0.4 is 5.73 Å². The Kier molecular flexibility index (Phi) is 3.99. The van der Waals surface area contributed by atoms with Gasteiger partial charge in [0, 0.05) is 28.6 Å². The summed E-state index contributed by atoms with van der Waals surface area (Å²) in [7, 11) is 0. The molecule has 0 aliphatic carbocycles. The highest BCUT2D eigenvalue weighted by Crippen LogP contribution is 2.26. The van der Waals surface area contributed by atoms with E-state index in [1.54, 1.807) is 30.2 Å². The van der Waals surface area contributed by atoms with Crippen LogP contribution in [0.1, 0.15) is 16.7 Å². The number of amidine groups is 1. The molecule has 0 saturated carbocycles. The van der Waals surface area contributed by atoms with Crippen LogP contribution >= 0.6 is 11.8 Å². The highest BCUT2D eigenvalue weighted by molar-refractivity contribution is 7.98. The SMILES string of the molecule is Cc1ccccc1CSc1cnccc1C(=N)N. The van der Waals surface area contributed by atoms with Crippen molar-refractivity contribution < 1.29 is 0 Å². The van der Waals surface area contributed by atoms with Gasteiger partial charge in [-0.25, -0.2) is 0 Å². The Morgan fingerprint density at radius 3 is 2.83 bits per heavy atom. The molecule has 0 fully saturated rings. The lowest BCUT2D eigenvalue weighted by Gasteiger charge is -2.08. The van der Waals surface area contributed by atoms with Gasteiger partial charge in [-0.3, -0.25) is 10.4 Å². The molecule has 3 N–H and O–H groups in total. The molecule has 1 aromatic carbocycles. The van der Waals surface area contributed by atoms with Crippen molar-refractivity contribution in [1.29, 1.82) is 5.41 Å². The maximum absolute atomic E-state index is 7.54. The van der Waals surface area contributed by atoms with Gasteiger partial charge in [0.15, 0.2) is 0 Å². The number of nitrogen functional groups attached to an aromatic ring is 1. The van der Waals surface area contributed by atoms with Gasteiger partial charge in [-0.15, -0.1) is 11.8 Å². The fraction of sp³-hybridized carbons (Fsp3) is 0.143. The lowest BCUT2D eigenvalue weighted by molar-refractivity contribution is 1.20. The number of hydrogen-bond donors (Lipinski definition) is 2. The van der Waals surface area contributed by atoms with Crippen molar-refractivity contribution in [3.8, 4) is 0 Å². The zero-order valence-electron chi connectivity index (χ0n) is 10.2. The molecule has 92 valence electrons. The number of hydrogen-bond acceptors (Lipinski definition) is 3. The number of benzene rings is 1. The molecule has 0 radical (unpaired) electrons. The lowest BCUT2D eigenvalue weighted by atomic mass is 10.1. The van der Waals surface area contributed by atoms with E-state index in [9.17, 15) is 0 Å². The second-order valence-corrected chi connectivity index (χ2v) is 5.02. The van der Waals surface area contributed by atoms with Crippen molar-refractivity contribution in [2.24, 2.45) is 5.73 Å². The molecule has 18 heavy (non-hydrogen) atoms. The highest BCUT2D eigenvalue weighted by atomic mass is 32.2. The zero-order chi connectivity index (χ0) is 13.0. The minimum atomic E-state index is 0.0877. The van der Waals surface area contributed by atoms with Gasteiger partial charge in [0.1, 0.15) is 5.84 Å². The molecule has 1 heterocycles. The van der Waals surface area contributed by atoms with Crippen LogP contribution in [0.5, 0.6) is 0 Å². The van der Waals surface area contributed by atoms with E-state index in [0.717, 1.165) is 16.2 Å². The third kappa shape index (κ3) is 2.90. The molecule has 0 atom stereocenters. The van der Waals surface area contributed by atoms with E-state index in [1.165, 1.54) is 11.1 Å². The first-order chi connectivity index (χ1) is 8.68. The quantitative estimate of drug-likeness (QED) is 0.503. The number of rotatable bonds is 4. The smallest absolute Gasteiger partial charge is 0.124 e. The Bertz CT molecular complexity index is 566. The van der Waals surface area contributed by atoms with E-state index in [2.05, 4.69) is 24.0 Å². The van der Waals surface area contributed by atoms with E-state index in [1.807, 2.05) is 12.1 Å². The summed E-state index contributed by atoms with van der Waals surface area (Å²) < 4.78 is 0. The number of pyridine rings is 1. The summed E-state index contributed by atoms with van der Waals surface area (Å²) in [5.74, 6) is 0.947. The van der Waals surface area contributed by atoms with Crippen LogP contribution in [0.3, 0.4) is 0 Å².